The maximum absolute atomic E-state index is 13.5. The van der Waals surface area contributed by atoms with Gasteiger partial charge in [-0.15, -0.1) is 0 Å². The smallest absolute Gasteiger partial charge is 0.303 e. The van der Waals surface area contributed by atoms with Gasteiger partial charge in [0.15, 0.2) is 23.1 Å². The van der Waals surface area contributed by atoms with E-state index in [1.807, 2.05) is 26.8 Å². The summed E-state index contributed by atoms with van der Waals surface area (Å²) in [5.74, 6) is -2.94. The standard InChI is InChI=1S/C26H36O9/c1-13(28)32-20-17-11-18(31)25(7)26(35-25,23(17,4)5)22(34-15(3)30)21(33-14(2)29)24(6)10-8-9-16(12-27)19(20)24/h9,17,19-22,27H,8,10-12H2,1-7H3. The number of epoxide rings is 1. The molecule has 0 amide bonds. The highest BCUT2D eigenvalue weighted by atomic mass is 16.7. The Morgan fingerprint density at radius 3 is 2.11 bits per heavy atom. The summed E-state index contributed by atoms with van der Waals surface area (Å²) < 4.78 is 24.2. The van der Waals surface area contributed by atoms with Crippen molar-refractivity contribution >= 4 is 23.7 Å². The van der Waals surface area contributed by atoms with Crippen LogP contribution in [0, 0.1) is 22.7 Å². The number of ether oxygens (including phenoxy) is 4. The van der Waals surface area contributed by atoms with E-state index >= 15 is 0 Å². The van der Waals surface area contributed by atoms with Crippen molar-refractivity contribution in [3.63, 3.8) is 0 Å². The van der Waals surface area contributed by atoms with Crippen LogP contribution in [0.4, 0.5) is 0 Å². The molecule has 0 aromatic carbocycles. The second-order valence-corrected chi connectivity index (χ2v) is 11.4. The molecule has 1 heterocycles. The summed E-state index contributed by atoms with van der Waals surface area (Å²) in [4.78, 5) is 50.8. The lowest BCUT2D eigenvalue weighted by Crippen LogP contribution is -2.71. The summed E-state index contributed by atoms with van der Waals surface area (Å²) in [6.07, 6.45) is 0.216. The highest BCUT2D eigenvalue weighted by molar-refractivity contribution is 5.94. The maximum atomic E-state index is 13.5. The van der Waals surface area contributed by atoms with E-state index in [1.54, 1.807) is 6.92 Å². The first-order chi connectivity index (χ1) is 16.2. The highest BCUT2D eigenvalue weighted by Crippen LogP contribution is 2.72. The molecule has 4 rings (SSSR count). The zero-order valence-electron chi connectivity index (χ0n) is 21.5. The molecule has 0 aromatic rings. The van der Waals surface area contributed by atoms with Crippen LogP contribution >= 0.6 is 0 Å². The average molecular weight is 493 g/mol. The number of rotatable bonds is 4. The number of carbonyl (C=O) groups excluding carboxylic acids is 4. The number of hydrogen-bond acceptors (Lipinski definition) is 9. The first-order valence-electron chi connectivity index (χ1n) is 12.2. The molecule has 3 aliphatic carbocycles. The van der Waals surface area contributed by atoms with Crippen molar-refractivity contribution in [2.24, 2.45) is 22.7 Å². The molecule has 0 aromatic heterocycles. The van der Waals surface area contributed by atoms with E-state index in [2.05, 4.69) is 0 Å². The molecule has 1 aliphatic heterocycles. The van der Waals surface area contributed by atoms with E-state index in [1.165, 1.54) is 20.8 Å². The Morgan fingerprint density at radius 2 is 1.57 bits per heavy atom. The fraction of sp³-hybridized carbons (Fsp3) is 0.769. The lowest BCUT2D eigenvalue weighted by atomic mass is 9.46. The Morgan fingerprint density at radius 1 is 1.00 bits per heavy atom. The van der Waals surface area contributed by atoms with Gasteiger partial charge in [-0.25, -0.2) is 0 Å². The van der Waals surface area contributed by atoms with Gasteiger partial charge in [0.2, 0.25) is 0 Å². The van der Waals surface area contributed by atoms with Crippen LogP contribution in [0.5, 0.6) is 0 Å². The lowest BCUT2D eigenvalue weighted by Gasteiger charge is -2.59. The largest absolute Gasteiger partial charge is 0.462 e. The Balaban J connectivity index is 2.05. The third kappa shape index (κ3) is 3.41. The van der Waals surface area contributed by atoms with Crippen LogP contribution in [0.15, 0.2) is 11.6 Å². The van der Waals surface area contributed by atoms with Crippen LogP contribution in [0.2, 0.25) is 0 Å². The third-order valence-corrected chi connectivity index (χ3v) is 9.17. The molecule has 9 nitrogen and oxygen atoms in total. The quantitative estimate of drug-likeness (QED) is 0.272. The summed E-state index contributed by atoms with van der Waals surface area (Å²) in [7, 11) is 0. The van der Waals surface area contributed by atoms with Crippen LogP contribution in [0.25, 0.3) is 0 Å². The number of esters is 3. The predicted octanol–water partition coefficient (Wildman–Crippen LogP) is 2.27. The second-order valence-electron chi connectivity index (χ2n) is 11.4. The number of aliphatic hydroxyl groups excluding tert-OH is 1. The zero-order chi connectivity index (χ0) is 26.1. The van der Waals surface area contributed by atoms with Gasteiger partial charge in [-0.3, -0.25) is 19.2 Å². The second kappa shape index (κ2) is 8.13. The molecule has 194 valence electrons. The Bertz CT molecular complexity index is 999. The average Bonchev–Trinajstić information content (AvgIpc) is 3.41. The van der Waals surface area contributed by atoms with Gasteiger partial charge in [0, 0.05) is 49.9 Å². The molecule has 35 heavy (non-hydrogen) atoms. The van der Waals surface area contributed by atoms with Crippen molar-refractivity contribution in [1.82, 2.24) is 0 Å². The number of ketones is 1. The number of fused-ring (bicyclic) bond motifs is 2. The monoisotopic (exact) mass is 492 g/mol. The van der Waals surface area contributed by atoms with Crippen molar-refractivity contribution < 1.29 is 43.2 Å². The number of aliphatic hydroxyl groups is 1. The third-order valence-electron chi connectivity index (χ3n) is 9.17. The molecular formula is C26H36O9. The highest BCUT2D eigenvalue weighted by Gasteiger charge is 2.88. The van der Waals surface area contributed by atoms with Crippen molar-refractivity contribution in [1.29, 1.82) is 0 Å². The summed E-state index contributed by atoms with van der Waals surface area (Å²) in [5, 5.41) is 10.4. The van der Waals surface area contributed by atoms with Crippen LogP contribution in [0.1, 0.15) is 67.7 Å². The number of allylic oxidation sites excluding steroid dienone is 1. The molecule has 8 unspecified atom stereocenters. The maximum Gasteiger partial charge on any atom is 0.303 e. The minimum atomic E-state index is -1.29. The molecule has 1 N–H and O–H groups in total. The Hall–Kier alpha value is -2.26. The summed E-state index contributed by atoms with van der Waals surface area (Å²) in [6, 6.07) is 0. The molecule has 8 atom stereocenters. The molecule has 1 saturated heterocycles. The molecular weight excluding hydrogens is 456 g/mol. The van der Waals surface area contributed by atoms with Gasteiger partial charge in [-0.05, 0) is 25.3 Å². The van der Waals surface area contributed by atoms with Gasteiger partial charge in [0.1, 0.15) is 12.2 Å². The van der Waals surface area contributed by atoms with Crippen LogP contribution in [-0.2, 0) is 38.1 Å². The molecule has 2 saturated carbocycles. The Kier molecular flexibility index (Phi) is 6.00. The van der Waals surface area contributed by atoms with E-state index in [0.717, 1.165) is 0 Å². The van der Waals surface area contributed by atoms with Crippen LogP contribution in [-0.4, -0.2) is 64.9 Å². The van der Waals surface area contributed by atoms with Gasteiger partial charge in [0.05, 0.1) is 6.61 Å². The molecule has 1 spiro atoms. The number of hydrogen-bond donors (Lipinski definition) is 1. The summed E-state index contributed by atoms with van der Waals surface area (Å²) >= 11 is 0. The molecule has 9 heteroatoms. The van der Waals surface area contributed by atoms with E-state index in [-0.39, 0.29) is 18.8 Å². The molecule has 3 fully saturated rings. The van der Waals surface area contributed by atoms with Gasteiger partial charge < -0.3 is 24.1 Å². The molecule has 0 radical (unpaired) electrons. The number of Topliss-reactive ketones (excluding diaryl/α,β-unsaturated/α-hetero) is 1. The number of carbonyl (C=O) groups is 4. The van der Waals surface area contributed by atoms with Crippen LogP contribution < -0.4 is 0 Å². The van der Waals surface area contributed by atoms with Gasteiger partial charge in [-0.1, -0.05) is 26.8 Å². The van der Waals surface area contributed by atoms with Crippen molar-refractivity contribution in [3.05, 3.63) is 11.6 Å². The normalized spacial score (nSPS) is 43.4. The van der Waals surface area contributed by atoms with E-state index in [0.29, 0.717) is 18.4 Å². The first-order valence-corrected chi connectivity index (χ1v) is 12.2. The van der Waals surface area contributed by atoms with E-state index in [9.17, 15) is 24.3 Å². The van der Waals surface area contributed by atoms with Gasteiger partial charge in [-0.2, -0.15) is 0 Å². The minimum absolute atomic E-state index is 0.0967. The van der Waals surface area contributed by atoms with Gasteiger partial charge >= 0.3 is 17.9 Å². The minimum Gasteiger partial charge on any atom is -0.462 e. The zero-order valence-corrected chi connectivity index (χ0v) is 21.5. The summed E-state index contributed by atoms with van der Waals surface area (Å²) in [6.45, 7) is 11.0. The van der Waals surface area contributed by atoms with E-state index < -0.39 is 70.1 Å². The topological polar surface area (TPSA) is 129 Å². The SMILES string of the molecule is CC(=O)OC1C2C(CO)=CCCC2(C)C(OC(C)=O)C(OC(C)=O)C23OC2(C)C(=O)CC1C3(C)C. The van der Waals surface area contributed by atoms with E-state index in [4.69, 9.17) is 18.9 Å². The predicted molar refractivity (Wildman–Crippen MR) is 122 cm³/mol. The lowest BCUT2D eigenvalue weighted by molar-refractivity contribution is -0.226. The fourth-order valence-electron chi connectivity index (χ4n) is 7.63. The van der Waals surface area contributed by atoms with Gasteiger partial charge in [0.25, 0.3) is 0 Å². The first kappa shape index (κ1) is 25.8. The van der Waals surface area contributed by atoms with Crippen molar-refractivity contribution in [3.8, 4) is 0 Å². The van der Waals surface area contributed by atoms with Crippen molar-refractivity contribution in [2.45, 2.75) is 97.2 Å². The molecule has 2 bridgehead atoms. The summed E-state index contributed by atoms with van der Waals surface area (Å²) in [5.41, 5.74) is -3.63. The van der Waals surface area contributed by atoms with Crippen LogP contribution in [0.3, 0.4) is 0 Å². The molecule has 4 aliphatic rings. The Labute approximate surface area is 205 Å². The fourth-order valence-corrected chi connectivity index (χ4v) is 7.63. The van der Waals surface area contributed by atoms with Crippen molar-refractivity contribution in [2.75, 3.05) is 6.61 Å².